The van der Waals surface area contributed by atoms with Crippen molar-refractivity contribution >= 4 is 50.7 Å². The van der Waals surface area contributed by atoms with Gasteiger partial charge in [0, 0.05) is 35.7 Å². The van der Waals surface area contributed by atoms with E-state index in [1.54, 1.807) is 11.3 Å². The number of piperidine rings is 1. The highest BCUT2D eigenvalue weighted by molar-refractivity contribution is 7.16. The second kappa shape index (κ2) is 9.65. The molecule has 2 aromatic carbocycles. The standard InChI is InChI=1S/C27H26ClN3O2S/c1-18-5-2-9-23(13-18)29-25(32)21-7-4-11-30(17-21)26(33)24-15-20-10-12-34-27(20)31(24)16-19-6-3-8-22(28)14-19/h2-3,5-6,8-10,12-15,21H,4,7,11,16-17H2,1H3,(H,29,32)/t21-/m1/s1. The van der Waals surface area contributed by atoms with Gasteiger partial charge in [0.15, 0.2) is 0 Å². The fraction of sp³-hybridized carbons (Fsp3) is 0.259. The number of carbonyl (C=O) groups excluding carboxylic acids is 2. The Bertz CT molecular complexity index is 1360. The van der Waals surface area contributed by atoms with Gasteiger partial charge in [-0.2, -0.15) is 0 Å². The Hall–Kier alpha value is -3.09. The van der Waals surface area contributed by atoms with E-state index >= 15 is 0 Å². The molecule has 3 heterocycles. The van der Waals surface area contributed by atoms with Crippen LogP contribution in [0.25, 0.3) is 10.2 Å². The van der Waals surface area contributed by atoms with Crippen molar-refractivity contribution in [3.8, 4) is 0 Å². The molecule has 174 valence electrons. The molecule has 34 heavy (non-hydrogen) atoms. The van der Waals surface area contributed by atoms with Gasteiger partial charge >= 0.3 is 0 Å². The molecule has 1 saturated heterocycles. The van der Waals surface area contributed by atoms with Gasteiger partial charge in [-0.05, 0) is 72.7 Å². The molecule has 0 bridgehead atoms. The summed E-state index contributed by atoms with van der Waals surface area (Å²) in [6.45, 7) is 3.65. The molecule has 0 spiro atoms. The van der Waals surface area contributed by atoms with Crippen LogP contribution in [0.1, 0.15) is 34.5 Å². The fourth-order valence-electron chi connectivity index (χ4n) is 4.63. The molecule has 1 aliphatic rings. The summed E-state index contributed by atoms with van der Waals surface area (Å²) in [5.74, 6) is -0.285. The second-order valence-corrected chi connectivity index (χ2v) is 10.2. The third kappa shape index (κ3) is 4.74. The van der Waals surface area contributed by atoms with Gasteiger partial charge in [-0.1, -0.05) is 35.9 Å². The first-order valence-electron chi connectivity index (χ1n) is 11.5. The Morgan fingerprint density at radius 2 is 1.97 bits per heavy atom. The number of halogens is 1. The van der Waals surface area contributed by atoms with Crippen LogP contribution in [0.15, 0.2) is 66.0 Å². The number of aromatic nitrogens is 1. The lowest BCUT2D eigenvalue weighted by atomic mass is 9.96. The van der Waals surface area contributed by atoms with Gasteiger partial charge in [-0.15, -0.1) is 11.3 Å². The first-order chi connectivity index (χ1) is 16.5. The third-order valence-corrected chi connectivity index (χ3v) is 7.50. The number of fused-ring (bicyclic) bond motifs is 1. The molecule has 0 radical (unpaired) electrons. The lowest BCUT2D eigenvalue weighted by molar-refractivity contribution is -0.121. The van der Waals surface area contributed by atoms with E-state index < -0.39 is 0 Å². The maximum absolute atomic E-state index is 13.7. The first-order valence-corrected chi connectivity index (χ1v) is 12.7. The molecule has 2 aromatic heterocycles. The molecule has 0 aliphatic carbocycles. The van der Waals surface area contributed by atoms with Crippen LogP contribution in [0.4, 0.5) is 5.69 Å². The highest BCUT2D eigenvalue weighted by Crippen LogP contribution is 2.29. The minimum atomic E-state index is -0.226. The summed E-state index contributed by atoms with van der Waals surface area (Å²) >= 11 is 7.82. The number of hydrogen-bond donors (Lipinski definition) is 1. The van der Waals surface area contributed by atoms with E-state index in [0.29, 0.717) is 30.4 Å². The number of benzene rings is 2. The van der Waals surface area contributed by atoms with Gasteiger partial charge in [0.25, 0.3) is 5.91 Å². The third-order valence-electron chi connectivity index (χ3n) is 6.32. The van der Waals surface area contributed by atoms with Crippen molar-refractivity contribution in [1.82, 2.24) is 9.47 Å². The monoisotopic (exact) mass is 491 g/mol. The van der Waals surface area contributed by atoms with E-state index in [0.717, 1.165) is 39.9 Å². The van der Waals surface area contributed by atoms with Crippen molar-refractivity contribution in [3.63, 3.8) is 0 Å². The molecule has 7 heteroatoms. The predicted octanol–water partition coefficient (Wildman–Crippen LogP) is 6.20. The van der Waals surface area contributed by atoms with E-state index in [9.17, 15) is 9.59 Å². The number of rotatable bonds is 5. The summed E-state index contributed by atoms with van der Waals surface area (Å²) in [6, 6.07) is 19.5. The maximum atomic E-state index is 13.7. The van der Waals surface area contributed by atoms with Crippen molar-refractivity contribution in [2.75, 3.05) is 18.4 Å². The number of carbonyl (C=O) groups is 2. The predicted molar refractivity (Wildman–Crippen MR) is 139 cm³/mol. The Labute approximate surface area is 208 Å². The van der Waals surface area contributed by atoms with Crippen LogP contribution in [0, 0.1) is 12.8 Å². The molecule has 1 N–H and O–H groups in total. The largest absolute Gasteiger partial charge is 0.337 e. The van der Waals surface area contributed by atoms with E-state index in [1.807, 2.05) is 77.9 Å². The number of thiophene rings is 1. The van der Waals surface area contributed by atoms with Crippen molar-refractivity contribution in [2.45, 2.75) is 26.3 Å². The average molecular weight is 492 g/mol. The second-order valence-electron chi connectivity index (χ2n) is 8.88. The summed E-state index contributed by atoms with van der Waals surface area (Å²) in [5.41, 5.74) is 3.59. The number of amides is 2. The molecule has 0 saturated carbocycles. The summed E-state index contributed by atoms with van der Waals surface area (Å²) in [4.78, 5) is 29.5. The molecule has 5 rings (SSSR count). The molecule has 1 aliphatic heterocycles. The molecule has 2 amide bonds. The molecular weight excluding hydrogens is 466 g/mol. The number of aryl methyl sites for hydroxylation is 1. The van der Waals surface area contributed by atoms with Crippen molar-refractivity contribution < 1.29 is 9.59 Å². The topological polar surface area (TPSA) is 54.3 Å². The SMILES string of the molecule is Cc1cccc(NC(=O)[C@@H]2CCCN(C(=O)c3cc4ccsc4n3Cc3cccc(Cl)c3)C2)c1. The zero-order valence-corrected chi connectivity index (χ0v) is 20.5. The quantitative estimate of drug-likeness (QED) is 0.361. The normalized spacial score (nSPS) is 16.1. The lowest BCUT2D eigenvalue weighted by Crippen LogP contribution is -2.44. The minimum Gasteiger partial charge on any atom is -0.337 e. The summed E-state index contributed by atoms with van der Waals surface area (Å²) in [5, 5.41) is 6.80. The Kier molecular flexibility index (Phi) is 6.44. The van der Waals surface area contributed by atoms with Crippen molar-refractivity contribution in [1.29, 1.82) is 0 Å². The highest BCUT2D eigenvalue weighted by atomic mass is 35.5. The van der Waals surface area contributed by atoms with Crippen LogP contribution in [0.5, 0.6) is 0 Å². The lowest BCUT2D eigenvalue weighted by Gasteiger charge is -2.32. The molecule has 0 unspecified atom stereocenters. The van der Waals surface area contributed by atoms with Crippen LogP contribution in [-0.2, 0) is 11.3 Å². The van der Waals surface area contributed by atoms with Crippen LogP contribution in [0.2, 0.25) is 5.02 Å². The van der Waals surface area contributed by atoms with Crippen LogP contribution in [0.3, 0.4) is 0 Å². The average Bonchev–Trinajstić information content (AvgIpc) is 3.41. The summed E-state index contributed by atoms with van der Waals surface area (Å²) in [7, 11) is 0. The zero-order valence-electron chi connectivity index (χ0n) is 19.0. The number of hydrogen-bond acceptors (Lipinski definition) is 3. The minimum absolute atomic E-state index is 0.0292. The van der Waals surface area contributed by atoms with Crippen LogP contribution >= 0.6 is 22.9 Å². The smallest absolute Gasteiger partial charge is 0.270 e. The molecule has 5 nitrogen and oxygen atoms in total. The van der Waals surface area contributed by atoms with Crippen molar-refractivity contribution in [2.24, 2.45) is 5.92 Å². The van der Waals surface area contributed by atoms with Crippen LogP contribution in [-0.4, -0.2) is 34.4 Å². The number of likely N-dealkylation sites (tertiary alicyclic amines) is 1. The van der Waals surface area contributed by atoms with Gasteiger partial charge in [0.1, 0.15) is 10.5 Å². The molecule has 4 aromatic rings. The first kappa shape index (κ1) is 22.7. The van der Waals surface area contributed by atoms with E-state index in [1.165, 1.54) is 0 Å². The van der Waals surface area contributed by atoms with Gasteiger partial charge in [0.2, 0.25) is 5.91 Å². The number of anilines is 1. The zero-order chi connectivity index (χ0) is 23.7. The molecule has 1 atom stereocenters. The molecule has 1 fully saturated rings. The number of nitrogens with zero attached hydrogens (tertiary/aromatic N) is 2. The maximum Gasteiger partial charge on any atom is 0.270 e. The van der Waals surface area contributed by atoms with Gasteiger partial charge in [-0.3, -0.25) is 9.59 Å². The van der Waals surface area contributed by atoms with E-state index in [4.69, 9.17) is 11.6 Å². The Morgan fingerprint density at radius 3 is 2.79 bits per heavy atom. The highest BCUT2D eigenvalue weighted by Gasteiger charge is 2.31. The van der Waals surface area contributed by atoms with E-state index in [2.05, 4.69) is 9.88 Å². The van der Waals surface area contributed by atoms with Crippen molar-refractivity contribution in [3.05, 3.63) is 87.9 Å². The Balaban J connectivity index is 1.36. The molecular formula is C27H26ClN3O2S. The van der Waals surface area contributed by atoms with Gasteiger partial charge < -0.3 is 14.8 Å². The Morgan fingerprint density at radius 1 is 1.12 bits per heavy atom. The van der Waals surface area contributed by atoms with Gasteiger partial charge in [-0.25, -0.2) is 0 Å². The fourth-order valence-corrected chi connectivity index (χ4v) is 5.74. The summed E-state index contributed by atoms with van der Waals surface area (Å²) in [6.07, 6.45) is 1.58. The van der Waals surface area contributed by atoms with E-state index in [-0.39, 0.29) is 17.7 Å². The van der Waals surface area contributed by atoms with Crippen LogP contribution < -0.4 is 5.32 Å². The van der Waals surface area contributed by atoms with Gasteiger partial charge in [0.05, 0.1) is 5.92 Å². The number of nitrogens with one attached hydrogen (secondary N) is 1. The summed E-state index contributed by atoms with van der Waals surface area (Å²) < 4.78 is 2.07.